The van der Waals surface area contributed by atoms with Crippen LogP contribution < -0.4 is 0 Å². The monoisotopic (exact) mass is 1580 g/mol. The fraction of sp³-hybridized carbons (Fsp3) is 0.930. The molecule has 0 aromatic heterocycles. The third kappa shape index (κ3) is 15.2. The Morgan fingerprint density at radius 1 is 0.129 bits per heavy atom. The van der Waals surface area contributed by atoms with Gasteiger partial charge in [0, 0.05) is 36.3 Å². The van der Waals surface area contributed by atoms with Gasteiger partial charge < -0.3 is 0 Å². The predicted octanol–water partition coefficient (Wildman–Crippen LogP) is 30.5. The van der Waals surface area contributed by atoms with E-state index in [0.717, 1.165) is 249 Å². The van der Waals surface area contributed by atoms with Crippen molar-refractivity contribution in [3.8, 4) is 0 Å². The highest BCUT2D eigenvalue weighted by molar-refractivity contribution is 5.20. The maximum Gasteiger partial charge on any atom is 0.0104 e. The molecule has 2 heteroatoms. The first-order valence-electron chi connectivity index (χ1n) is 55.8. The van der Waals surface area contributed by atoms with Crippen LogP contribution in [0.5, 0.6) is 0 Å². The van der Waals surface area contributed by atoms with Gasteiger partial charge in [0.15, 0.2) is 0 Å². The zero-order chi connectivity index (χ0) is 76.3. The van der Waals surface area contributed by atoms with Crippen LogP contribution in [0.25, 0.3) is 0 Å². The van der Waals surface area contributed by atoms with Crippen LogP contribution in [0.3, 0.4) is 0 Å². The van der Waals surface area contributed by atoms with Crippen molar-refractivity contribution >= 4 is 0 Å². The summed E-state index contributed by atoms with van der Waals surface area (Å²) in [6, 6.07) is 5.16. The smallest absolute Gasteiger partial charge is 0.0104 e. The minimum atomic E-state index is 0.849. The van der Waals surface area contributed by atoms with Crippen LogP contribution in [-0.4, -0.2) is 46.1 Å². The molecule has 23 fully saturated rings. The zero-order valence-corrected chi connectivity index (χ0v) is 75.0. The van der Waals surface area contributed by atoms with Gasteiger partial charge in [-0.1, -0.05) is 216 Å². The van der Waals surface area contributed by atoms with Crippen molar-refractivity contribution in [2.75, 3.05) is 0 Å². The van der Waals surface area contributed by atoms with Gasteiger partial charge in [-0.05, 0) is 457 Å². The highest BCUT2D eigenvalue weighted by Gasteiger charge is 2.69. The van der Waals surface area contributed by atoms with Crippen molar-refractivity contribution in [1.29, 1.82) is 0 Å². The lowest BCUT2D eigenvalue weighted by atomic mass is 9.49. The van der Waals surface area contributed by atoms with E-state index in [1.165, 1.54) is 205 Å². The van der Waals surface area contributed by atoms with Gasteiger partial charge in [-0.25, -0.2) is 0 Å². The molecule has 0 spiro atoms. The molecule has 23 saturated carbocycles. The van der Waals surface area contributed by atoms with Crippen LogP contribution in [-0.2, 0) is 0 Å². The second-order valence-electron chi connectivity index (χ2n) is 50.0. The summed E-state index contributed by atoms with van der Waals surface area (Å²) in [4.78, 5) is 7.06. The minimum Gasteiger partial charge on any atom is -0.294 e. The van der Waals surface area contributed by atoms with E-state index in [-0.39, 0.29) is 0 Å². The molecule has 30 unspecified atom stereocenters. The second kappa shape index (κ2) is 35.3. The molecule has 0 aromatic rings. The Morgan fingerprint density at radius 2 is 0.319 bits per heavy atom. The molecule has 30 atom stereocenters. The molecule has 0 heterocycles. The van der Waals surface area contributed by atoms with Crippen molar-refractivity contribution in [3.63, 3.8) is 0 Å². The summed E-state index contributed by atoms with van der Waals surface area (Å²) in [5.41, 5.74) is 0. The van der Waals surface area contributed by atoms with Crippen LogP contribution >= 0.6 is 0 Å². The first-order chi connectivity index (χ1) is 57.5. The van der Waals surface area contributed by atoms with Crippen molar-refractivity contribution in [2.45, 2.75) is 447 Å². The second-order valence-corrected chi connectivity index (χ2v) is 50.0. The van der Waals surface area contributed by atoms with E-state index in [9.17, 15) is 0 Å². The number of allylic oxidation sites excluding steroid dienone is 8. The molecule has 2 nitrogen and oxygen atoms in total. The molecule has 23 aliphatic rings. The Balaban J connectivity index is 0.486. The predicted molar refractivity (Wildman–Crippen MR) is 484 cm³/mol. The molecule has 644 valence electrons. The average Bonchev–Trinajstić information content (AvgIpc) is 1.52. The molecular weight excluding hydrogens is 1400 g/mol. The molecular formula is C114H178N2. The summed E-state index contributed by atoms with van der Waals surface area (Å²) >= 11 is 0. The lowest BCUT2D eigenvalue weighted by molar-refractivity contribution is -0.0788. The maximum atomic E-state index is 3.53. The molecule has 0 saturated heterocycles. The Bertz CT molecular complexity index is 2850. The van der Waals surface area contributed by atoms with E-state index in [2.05, 4.69) is 58.4 Å². The fourth-order valence-electron chi connectivity index (χ4n) is 41.8. The largest absolute Gasteiger partial charge is 0.294 e. The quantitative estimate of drug-likeness (QED) is 0.160. The maximum absolute atomic E-state index is 3.53. The number of hydrogen-bond acceptors (Lipinski definition) is 2. The highest BCUT2D eigenvalue weighted by atomic mass is 15.2. The first kappa shape index (κ1) is 79.5. The fourth-order valence-corrected chi connectivity index (χ4v) is 41.8. The summed E-state index contributed by atoms with van der Waals surface area (Å²) in [5, 5.41) is 0. The van der Waals surface area contributed by atoms with Gasteiger partial charge >= 0.3 is 0 Å². The Morgan fingerprint density at radius 3 is 0.552 bits per heavy atom. The third-order valence-electron chi connectivity index (χ3n) is 46.0. The first-order valence-corrected chi connectivity index (χ1v) is 55.8. The SMILES string of the molecule is C(=CC1C2CCCCC2CC2CCCCC21)C1CCC(N(C2CCC(C=CC3C4CCCCC4CC4CCCCC43)CC2)C2CCC3C(C2)C2CCCC4C2C3C2CCCC3C5CC(N(C6CCC(C=CC7C8CCCCC8CC8CCCCC87)CC6)C6CCC(C=CC7C8CCCCC8CC8CCCCC87)CC6)CCC5C4C32)CC1. The van der Waals surface area contributed by atoms with Gasteiger partial charge in [-0.3, -0.25) is 9.80 Å². The van der Waals surface area contributed by atoms with Gasteiger partial charge in [-0.2, -0.15) is 0 Å². The van der Waals surface area contributed by atoms with Crippen molar-refractivity contribution < 1.29 is 0 Å². The van der Waals surface area contributed by atoms with Crippen LogP contribution in [0, 0.1) is 213 Å². The normalized spacial score (nSPS) is 53.9. The van der Waals surface area contributed by atoms with E-state index < -0.39 is 0 Å². The lowest BCUT2D eigenvalue weighted by Crippen LogP contribution is -2.54. The molecule has 0 bridgehead atoms. The molecule has 0 aromatic carbocycles. The number of nitrogens with zero attached hydrogens (tertiary/aromatic N) is 2. The van der Waals surface area contributed by atoms with E-state index >= 15 is 0 Å². The number of fused-ring (bicyclic) bond motifs is 16. The molecule has 0 amide bonds. The van der Waals surface area contributed by atoms with Gasteiger partial charge in [-0.15, -0.1) is 0 Å². The Kier molecular flexibility index (Phi) is 24.2. The zero-order valence-electron chi connectivity index (χ0n) is 75.0. The molecule has 0 aliphatic heterocycles. The van der Waals surface area contributed by atoms with E-state index in [0.29, 0.717) is 0 Å². The van der Waals surface area contributed by atoms with Crippen LogP contribution in [0.1, 0.15) is 411 Å². The van der Waals surface area contributed by atoms with Crippen molar-refractivity contribution in [2.24, 2.45) is 213 Å². The molecule has 23 aliphatic carbocycles. The van der Waals surface area contributed by atoms with E-state index in [1.54, 1.807) is 205 Å². The van der Waals surface area contributed by atoms with Crippen LogP contribution in [0.2, 0.25) is 0 Å². The van der Waals surface area contributed by atoms with Crippen molar-refractivity contribution in [1.82, 2.24) is 9.80 Å². The molecule has 116 heavy (non-hydrogen) atoms. The van der Waals surface area contributed by atoms with Gasteiger partial charge in [0.05, 0.1) is 0 Å². The van der Waals surface area contributed by atoms with Gasteiger partial charge in [0.2, 0.25) is 0 Å². The summed E-state index contributed by atoms with van der Waals surface area (Å²) in [5.74, 6) is 36.7. The summed E-state index contributed by atoms with van der Waals surface area (Å²) in [6.07, 6.45) is 123. The molecule has 0 N–H and O–H groups in total. The summed E-state index contributed by atoms with van der Waals surface area (Å²) < 4.78 is 0. The lowest BCUT2D eigenvalue weighted by Gasteiger charge is -2.56. The summed E-state index contributed by atoms with van der Waals surface area (Å²) in [6.45, 7) is 0. The Labute approximate surface area is 714 Å². The topological polar surface area (TPSA) is 6.48 Å². The minimum absolute atomic E-state index is 0.849. The standard InChI is InChI=1S/C114H178N2/c1-9-27-91-77(19-1)67-78-20-2-10-28-92(78)99(91)61-47-73-39-51-85(52-40-73)115(86-53-41-74(42-54-86)48-62-100-93-29-11-3-21-79(93)68-80-22-4-12-30-94(80)100)89-59-65-105-109(71-89)103-35-17-37-107-111(103)113(105)108-38-18-36-104-110-72-90(60-66-106(110)114(107)112(104)108)116(87-55-43-75(44-56-87)49-63-101-95-31-13-5-23-81(95)69-82-24-6-14-32-96(82)101)88-57-45-76(46-58-88)50-64-102-97-33-15-7-25-83(97)70-84-26-8-16-34-98(84)102/h47-50,61-64,73-114H,1-46,51-60,65-72H2. The van der Waals surface area contributed by atoms with E-state index in [1.807, 2.05) is 0 Å². The summed E-state index contributed by atoms with van der Waals surface area (Å²) in [7, 11) is 0. The van der Waals surface area contributed by atoms with Crippen LogP contribution in [0.15, 0.2) is 48.6 Å². The van der Waals surface area contributed by atoms with E-state index in [4.69, 9.17) is 0 Å². The van der Waals surface area contributed by atoms with Crippen molar-refractivity contribution in [3.05, 3.63) is 48.6 Å². The highest BCUT2D eigenvalue weighted by Crippen LogP contribution is 2.75. The third-order valence-corrected chi connectivity index (χ3v) is 46.0. The Hall–Kier alpha value is -1.12. The average molecular weight is 1580 g/mol. The number of rotatable bonds is 14. The van der Waals surface area contributed by atoms with Gasteiger partial charge in [0.25, 0.3) is 0 Å². The number of hydrogen-bond donors (Lipinski definition) is 0. The van der Waals surface area contributed by atoms with Crippen LogP contribution in [0.4, 0.5) is 0 Å². The molecule has 0 radical (unpaired) electrons. The van der Waals surface area contributed by atoms with Gasteiger partial charge in [0.1, 0.15) is 0 Å². The molecule has 23 rings (SSSR count).